The first kappa shape index (κ1) is 15.0. The maximum absolute atomic E-state index is 12.1. The Morgan fingerprint density at radius 1 is 1.30 bits per heavy atom. The summed E-state index contributed by atoms with van der Waals surface area (Å²) in [5.41, 5.74) is -0.0441. The van der Waals surface area contributed by atoms with Crippen LogP contribution in [0.25, 0.3) is 0 Å². The molecule has 112 valence electrons. The van der Waals surface area contributed by atoms with E-state index in [-0.39, 0.29) is 23.7 Å². The summed E-state index contributed by atoms with van der Waals surface area (Å²) in [6, 6.07) is -0.489. The van der Waals surface area contributed by atoms with E-state index in [9.17, 15) is 19.8 Å². The second-order valence-electron chi connectivity index (χ2n) is 5.71. The summed E-state index contributed by atoms with van der Waals surface area (Å²) in [6.07, 6.45) is 5.19. The summed E-state index contributed by atoms with van der Waals surface area (Å²) in [4.78, 5) is 25.6. The Morgan fingerprint density at radius 3 is 2.65 bits per heavy atom. The van der Waals surface area contributed by atoms with Gasteiger partial charge in [0.15, 0.2) is 5.78 Å². The Bertz CT molecular complexity index is 430. The van der Waals surface area contributed by atoms with Crippen LogP contribution in [0, 0.1) is 0 Å². The average Bonchev–Trinajstić information content (AvgIpc) is 2.89. The molecule has 2 N–H and O–H groups in total. The summed E-state index contributed by atoms with van der Waals surface area (Å²) < 4.78 is 0. The molecule has 5 heteroatoms. The smallest absolute Gasteiger partial charge is 0.261 e. The van der Waals surface area contributed by atoms with Crippen LogP contribution >= 0.6 is 0 Å². The lowest BCUT2D eigenvalue weighted by Gasteiger charge is -2.14. The molecule has 2 aliphatic rings. The standard InChI is InChI=1S/C15H23NO4/c1-2-3-4-5-6-7-12(18)13-14(19)11-8-10(17)9-16(11)15(13)20/h10-11,17,19H,2-9H2,1H3. The molecule has 2 aliphatic heterocycles. The Kier molecular flexibility index (Phi) is 4.81. The molecule has 20 heavy (non-hydrogen) atoms. The molecule has 2 unspecified atom stereocenters. The van der Waals surface area contributed by atoms with Gasteiger partial charge in [0, 0.05) is 19.4 Å². The Balaban J connectivity index is 1.91. The van der Waals surface area contributed by atoms with Crippen molar-refractivity contribution in [1.82, 2.24) is 4.90 Å². The van der Waals surface area contributed by atoms with E-state index in [1.807, 2.05) is 0 Å². The van der Waals surface area contributed by atoms with Gasteiger partial charge in [0.1, 0.15) is 11.3 Å². The molecule has 2 heterocycles. The van der Waals surface area contributed by atoms with Gasteiger partial charge < -0.3 is 15.1 Å². The minimum absolute atomic E-state index is 0.0441. The van der Waals surface area contributed by atoms with Crippen molar-refractivity contribution in [1.29, 1.82) is 0 Å². The predicted octanol–water partition coefficient (Wildman–Crippen LogP) is 1.70. The van der Waals surface area contributed by atoms with Crippen molar-refractivity contribution >= 4 is 11.7 Å². The molecular formula is C15H23NO4. The molecule has 0 bridgehead atoms. The lowest BCUT2D eigenvalue weighted by Crippen LogP contribution is -2.31. The topological polar surface area (TPSA) is 77.8 Å². The number of amides is 1. The molecule has 0 aliphatic carbocycles. The molecule has 5 nitrogen and oxygen atoms in total. The molecule has 0 radical (unpaired) electrons. The fourth-order valence-corrected chi connectivity index (χ4v) is 2.99. The highest BCUT2D eigenvalue weighted by Gasteiger charge is 2.47. The van der Waals surface area contributed by atoms with Crippen LogP contribution in [0.5, 0.6) is 0 Å². The summed E-state index contributed by atoms with van der Waals surface area (Å²) in [5, 5.41) is 19.6. The third-order valence-corrected chi connectivity index (χ3v) is 4.11. The van der Waals surface area contributed by atoms with E-state index in [0.29, 0.717) is 12.8 Å². The number of aliphatic hydroxyl groups excluding tert-OH is 2. The zero-order valence-corrected chi connectivity index (χ0v) is 12.0. The molecule has 2 rings (SSSR count). The molecule has 2 atom stereocenters. The summed E-state index contributed by atoms with van der Waals surface area (Å²) in [7, 11) is 0. The Labute approximate surface area is 119 Å². The number of nitrogens with zero attached hydrogens (tertiary/aromatic N) is 1. The van der Waals surface area contributed by atoms with Crippen LogP contribution in [0.2, 0.25) is 0 Å². The molecule has 0 aromatic carbocycles. The van der Waals surface area contributed by atoms with E-state index >= 15 is 0 Å². The predicted molar refractivity (Wildman–Crippen MR) is 74.2 cm³/mol. The molecule has 0 saturated carbocycles. The number of fused-ring (bicyclic) bond motifs is 1. The third-order valence-electron chi connectivity index (χ3n) is 4.11. The molecule has 1 saturated heterocycles. The van der Waals surface area contributed by atoms with Crippen molar-refractivity contribution in [3.05, 3.63) is 11.3 Å². The van der Waals surface area contributed by atoms with Crippen LogP contribution in [0.3, 0.4) is 0 Å². The fourth-order valence-electron chi connectivity index (χ4n) is 2.99. The lowest BCUT2D eigenvalue weighted by atomic mass is 10.0. The quantitative estimate of drug-likeness (QED) is 0.550. The first-order valence-corrected chi connectivity index (χ1v) is 7.51. The summed E-state index contributed by atoms with van der Waals surface area (Å²) in [5.74, 6) is -0.805. The van der Waals surface area contributed by atoms with Gasteiger partial charge in [0.2, 0.25) is 0 Å². The molecule has 1 fully saturated rings. The number of hydrogen-bond acceptors (Lipinski definition) is 4. The van der Waals surface area contributed by atoms with Crippen molar-refractivity contribution in [2.45, 2.75) is 64.0 Å². The number of hydrogen-bond donors (Lipinski definition) is 2. The number of aliphatic hydroxyl groups is 2. The van der Waals surface area contributed by atoms with Crippen LogP contribution in [-0.2, 0) is 9.59 Å². The van der Waals surface area contributed by atoms with Gasteiger partial charge in [-0.1, -0.05) is 32.6 Å². The van der Waals surface area contributed by atoms with Gasteiger partial charge in [-0.05, 0) is 6.42 Å². The average molecular weight is 281 g/mol. The highest BCUT2D eigenvalue weighted by molar-refractivity contribution is 6.21. The highest BCUT2D eigenvalue weighted by Crippen LogP contribution is 2.33. The molecule has 0 aromatic heterocycles. The van der Waals surface area contributed by atoms with E-state index in [4.69, 9.17) is 0 Å². The van der Waals surface area contributed by atoms with Crippen LogP contribution in [-0.4, -0.2) is 45.5 Å². The van der Waals surface area contributed by atoms with E-state index in [1.165, 1.54) is 4.90 Å². The van der Waals surface area contributed by atoms with Crippen LogP contribution in [0.4, 0.5) is 0 Å². The number of Topliss-reactive ketones (excluding diaryl/α,β-unsaturated/α-hetero) is 1. The number of unbranched alkanes of at least 4 members (excludes halogenated alkanes) is 4. The normalized spacial score (nSPS) is 25.5. The monoisotopic (exact) mass is 281 g/mol. The van der Waals surface area contributed by atoms with Gasteiger partial charge in [0.05, 0.1) is 12.1 Å². The first-order chi connectivity index (χ1) is 9.56. The number of carbonyl (C=O) groups excluding carboxylic acids is 2. The molecule has 1 amide bonds. The van der Waals surface area contributed by atoms with Gasteiger partial charge in [-0.2, -0.15) is 0 Å². The Morgan fingerprint density at radius 2 is 2.00 bits per heavy atom. The summed E-state index contributed by atoms with van der Waals surface area (Å²) in [6.45, 7) is 2.34. The minimum Gasteiger partial charge on any atom is -0.509 e. The number of ketones is 1. The first-order valence-electron chi connectivity index (χ1n) is 7.51. The lowest BCUT2D eigenvalue weighted by molar-refractivity contribution is -0.128. The SMILES string of the molecule is CCCCCCCC(=O)C1=C(O)C2CC(O)CN2C1=O. The zero-order valence-electron chi connectivity index (χ0n) is 12.0. The maximum atomic E-state index is 12.1. The maximum Gasteiger partial charge on any atom is 0.261 e. The van der Waals surface area contributed by atoms with Crippen LogP contribution < -0.4 is 0 Å². The van der Waals surface area contributed by atoms with Crippen LogP contribution in [0.1, 0.15) is 51.9 Å². The third kappa shape index (κ3) is 2.87. The Hall–Kier alpha value is -1.36. The van der Waals surface area contributed by atoms with Gasteiger partial charge in [-0.25, -0.2) is 0 Å². The van der Waals surface area contributed by atoms with Crippen molar-refractivity contribution in [2.24, 2.45) is 0 Å². The van der Waals surface area contributed by atoms with Gasteiger partial charge >= 0.3 is 0 Å². The van der Waals surface area contributed by atoms with Crippen molar-refractivity contribution in [2.75, 3.05) is 6.54 Å². The van der Waals surface area contributed by atoms with Gasteiger partial charge in [-0.3, -0.25) is 9.59 Å². The van der Waals surface area contributed by atoms with E-state index in [0.717, 1.165) is 32.1 Å². The minimum atomic E-state index is -0.600. The van der Waals surface area contributed by atoms with Gasteiger partial charge in [0.25, 0.3) is 5.91 Å². The second-order valence-corrected chi connectivity index (χ2v) is 5.71. The molecule has 0 aromatic rings. The van der Waals surface area contributed by atoms with Crippen LogP contribution in [0.15, 0.2) is 11.3 Å². The fraction of sp³-hybridized carbons (Fsp3) is 0.733. The highest BCUT2D eigenvalue weighted by atomic mass is 16.3. The number of rotatable bonds is 7. The second kappa shape index (κ2) is 6.39. The van der Waals surface area contributed by atoms with Crippen molar-refractivity contribution < 1.29 is 19.8 Å². The van der Waals surface area contributed by atoms with E-state index in [1.54, 1.807) is 0 Å². The largest absolute Gasteiger partial charge is 0.509 e. The zero-order chi connectivity index (χ0) is 14.7. The van der Waals surface area contributed by atoms with Crippen molar-refractivity contribution in [3.63, 3.8) is 0 Å². The number of carbonyl (C=O) groups is 2. The van der Waals surface area contributed by atoms with E-state index in [2.05, 4.69) is 6.92 Å². The van der Waals surface area contributed by atoms with Crippen molar-refractivity contribution in [3.8, 4) is 0 Å². The molecular weight excluding hydrogens is 258 g/mol. The van der Waals surface area contributed by atoms with E-state index < -0.39 is 18.1 Å². The summed E-state index contributed by atoms with van der Waals surface area (Å²) >= 11 is 0. The molecule has 0 spiro atoms. The van der Waals surface area contributed by atoms with Gasteiger partial charge in [-0.15, -0.1) is 0 Å².